The van der Waals surface area contributed by atoms with Crippen molar-refractivity contribution in [3.05, 3.63) is 28.7 Å². The van der Waals surface area contributed by atoms with Crippen LogP contribution < -0.4 is 4.74 Å². The Morgan fingerprint density at radius 2 is 2.18 bits per heavy atom. The second-order valence-corrected chi connectivity index (χ2v) is 6.56. The maximum atomic E-state index is 12.1. The molecule has 1 aromatic carbocycles. The minimum atomic E-state index is -0.299. The number of nitrogens with zero attached hydrogens (tertiary/aromatic N) is 2. The molecule has 1 fully saturated rings. The van der Waals surface area contributed by atoms with E-state index in [9.17, 15) is 9.90 Å². The topological polar surface area (TPSA) is 53.0 Å². The maximum absolute atomic E-state index is 12.1. The van der Waals surface area contributed by atoms with E-state index in [1.807, 2.05) is 29.2 Å². The molecule has 1 saturated heterocycles. The van der Waals surface area contributed by atoms with Gasteiger partial charge in [-0.2, -0.15) is 0 Å². The average molecular weight is 371 g/mol. The number of carbonyl (C=O) groups excluding carboxylic acids is 1. The molecule has 1 heterocycles. The Morgan fingerprint density at radius 1 is 1.45 bits per heavy atom. The lowest BCUT2D eigenvalue weighted by atomic mass is 10.1. The number of likely N-dealkylation sites (tertiary alicyclic amines) is 1. The molecule has 0 bridgehead atoms. The Bertz CT molecular complexity index is 481. The number of benzene rings is 1. The standard InChI is InChI=1S/C16H23BrN2O3/c1-18(9-10-22-15-6-4-13(17)5-7-15)16(21)12-19-8-2-3-14(20)11-19/h4-7,14,20H,2-3,8-12H2,1H3. The SMILES string of the molecule is CN(CCOc1ccc(Br)cc1)C(=O)CN1CCCC(O)C1. The smallest absolute Gasteiger partial charge is 0.236 e. The molecule has 1 aliphatic rings. The maximum Gasteiger partial charge on any atom is 0.236 e. The van der Waals surface area contributed by atoms with Gasteiger partial charge in [0.1, 0.15) is 12.4 Å². The van der Waals surface area contributed by atoms with Crippen LogP contribution in [0.1, 0.15) is 12.8 Å². The van der Waals surface area contributed by atoms with Crippen LogP contribution in [0.5, 0.6) is 5.75 Å². The van der Waals surface area contributed by atoms with Crippen LogP contribution in [-0.4, -0.2) is 66.8 Å². The Labute approximate surface area is 140 Å². The number of amides is 1. The van der Waals surface area contributed by atoms with E-state index in [1.165, 1.54) is 0 Å². The number of ether oxygens (including phenoxy) is 1. The van der Waals surface area contributed by atoms with Gasteiger partial charge in [-0.1, -0.05) is 15.9 Å². The number of rotatable bonds is 6. The van der Waals surface area contributed by atoms with Crippen LogP contribution in [0.4, 0.5) is 0 Å². The minimum Gasteiger partial charge on any atom is -0.492 e. The molecule has 0 spiro atoms. The molecule has 1 aromatic rings. The highest BCUT2D eigenvalue weighted by molar-refractivity contribution is 9.10. The van der Waals surface area contributed by atoms with Gasteiger partial charge in [0.15, 0.2) is 0 Å². The van der Waals surface area contributed by atoms with Gasteiger partial charge >= 0.3 is 0 Å². The van der Waals surface area contributed by atoms with Gasteiger partial charge in [0.2, 0.25) is 5.91 Å². The van der Waals surface area contributed by atoms with Crippen LogP contribution >= 0.6 is 15.9 Å². The molecule has 1 amide bonds. The first-order valence-corrected chi connectivity index (χ1v) is 8.36. The molecule has 0 saturated carbocycles. The van der Waals surface area contributed by atoms with Crippen molar-refractivity contribution in [3.8, 4) is 5.75 Å². The van der Waals surface area contributed by atoms with Gasteiger partial charge in [-0.3, -0.25) is 9.69 Å². The summed E-state index contributed by atoms with van der Waals surface area (Å²) in [5.41, 5.74) is 0. The summed E-state index contributed by atoms with van der Waals surface area (Å²) in [5.74, 6) is 0.858. The average Bonchev–Trinajstić information content (AvgIpc) is 2.49. The summed E-state index contributed by atoms with van der Waals surface area (Å²) in [6.07, 6.45) is 1.49. The molecule has 6 heteroatoms. The fourth-order valence-electron chi connectivity index (χ4n) is 2.44. The molecule has 1 aliphatic heterocycles. The highest BCUT2D eigenvalue weighted by atomic mass is 79.9. The van der Waals surface area contributed by atoms with Gasteiger partial charge in [-0.15, -0.1) is 0 Å². The number of hydrogen-bond donors (Lipinski definition) is 1. The molecule has 0 aliphatic carbocycles. The van der Waals surface area contributed by atoms with E-state index in [-0.39, 0.29) is 12.0 Å². The van der Waals surface area contributed by atoms with Gasteiger partial charge in [-0.25, -0.2) is 0 Å². The van der Waals surface area contributed by atoms with Crippen LogP contribution in [0.15, 0.2) is 28.7 Å². The molecule has 1 atom stereocenters. The molecule has 2 rings (SSSR count). The number of halogens is 1. The highest BCUT2D eigenvalue weighted by Crippen LogP contribution is 2.16. The van der Waals surface area contributed by atoms with Gasteiger partial charge in [0.05, 0.1) is 19.2 Å². The largest absolute Gasteiger partial charge is 0.492 e. The minimum absolute atomic E-state index is 0.0634. The Morgan fingerprint density at radius 3 is 2.86 bits per heavy atom. The van der Waals surface area contributed by atoms with Crippen LogP contribution in [0.2, 0.25) is 0 Å². The van der Waals surface area contributed by atoms with Crippen LogP contribution in [0.25, 0.3) is 0 Å². The lowest BCUT2D eigenvalue weighted by molar-refractivity contribution is -0.132. The molecule has 1 unspecified atom stereocenters. The number of piperidine rings is 1. The number of β-amino-alcohol motifs (C(OH)–C–C–N with tert-alkyl or cyclic N) is 1. The van der Waals surface area contributed by atoms with Crippen LogP contribution in [-0.2, 0) is 4.79 Å². The summed E-state index contributed by atoms with van der Waals surface area (Å²) in [6.45, 7) is 2.85. The monoisotopic (exact) mass is 370 g/mol. The van der Waals surface area contributed by atoms with Crippen molar-refractivity contribution in [2.24, 2.45) is 0 Å². The lowest BCUT2D eigenvalue weighted by Crippen LogP contribution is -2.45. The summed E-state index contributed by atoms with van der Waals surface area (Å²) in [7, 11) is 1.79. The third-order valence-corrected chi connectivity index (χ3v) is 4.30. The zero-order chi connectivity index (χ0) is 15.9. The molecular formula is C16H23BrN2O3. The fourth-order valence-corrected chi connectivity index (χ4v) is 2.71. The second-order valence-electron chi connectivity index (χ2n) is 5.65. The van der Waals surface area contributed by atoms with Gasteiger partial charge in [0, 0.05) is 18.1 Å². The molecule has 1 N–H and O–H groups in total. The van der Waals surface area contributed by atoms with E-state index < -0.39 is 0 Å². The normalized spacial score (nSPS) is 19.0. The second kappa shape index (κ2) is 8.50. The van der Waals surface area contributed by atoms with Crippen molar-refractivity contribution < 1.29 is 14.6 Å². The fraction of sp³-hybridized carbons (Fsp3) is 0.562. The molecule has 0 aromatic heterocycles. The summed E-state index contributed by atoms with van der Waals surface area (Å²) in [4.78, 5) is 15.8. The molecule has 122 valence electrons. The third kappa shape index (κ3) is 5.59. The van der Waals surface area contributed by atoms with E-state index in [0.717, 1.165) is 29.6 Å². The number of aliphatic hydroxyl groups excluding tert-OH is 1. The Hall–Kier alpha value is -1.11. The van der Waals surface area contributed by atoms with Crippen LogP contribution in [0, 0.1) is 0 Å². The molecule has 0 radical (unpaired) electrons. The summed E-state index contributed by atoms with van der Waals surface area (Å²) in [5, 5.41) is 9.63. The van der Waals surface area contributed by atoms with Crippen LogP contribution in [0.3, 0.4) is 0 Å². The van der Waals surface area contributed by atoms with Crippen molar-refractivity contribution >= 4 is 21.8 Å². The predicted molar refractivity (Wildman–Crippen MR) is 89.0 cm³/mol. The van der Waals surface area contributed by atoms with E-state index in [4.69, 9.17) is 4.74 Å². The number of likely N-dealkylation sites (N-methyl/N-ethyl adjacent to an activating group) is 1. The summed E-state index contributed by atoms with van der Waals surface area (Å²) >= 11 is 3.38. The summed E-state index contributed by atoms with van der Waals surface area (Å²) in [6, 6.07) is 7.62. The predicted octanol–water partition coefficient (Wildman–Crippen LogP) is 1.74. The first kappa shape index (κ1) is 17.2. The zero-order valence-electron chi connectivity index (χ0n) is 12.9. The van der Waals surface area contributed by atoms with E-state index >= 15 is 0 Å². The van der Waals surface area contributed by atoms with Gasteiger partial charge < -0.3 is 14.7 Å². The molecule has 22 heavy (non-hydrogen) atoms. The Balaban J connectivity index is 1.68. The van der Waals surface area contributed by atoms with Gasteiger partial charge in [-0.05, 0) is 43.7 Å². The van der Waals surface area contributed by atoms with Crippen molar-refractivity contribution in [2.75, 3.05) is 39.8 Å². The Kier molecular flexibility index (Phi) is 6.67. The number of carbonyl (C=O) groups is 1. The van der Waals surface area contributed by atoms with Crippen molar-refractivity contribution in [3.63, 3.8) is 0 Å². The zero-order valence-corrected chi connectivity index (χ0v) is 14.5. The van der Waals surface area contributed by atoms with Crippen molar-refractivity contribution in [1.29, 1.82) is 0 Å². The molecule has 5 nitrogen and oxygen atoms in total. The third-order valence-electron chi connectivity index (χ3n) is 3.77. The number of hydrogen-bond acceptors (Lipinski definition) is 4. The van der Waals surface area contributed by atoms with E-state index in [0.29, 0.717) is 26.2 Å². The van der Waals surface area contributed by atoms with E-state index in [2.05, 4.69) is 15.9 Å². The first-order valence-electron chi connectivity index (χ1n) is 7.57. The quantitative estimate of drug-likeness (QED) is 0.828. The lowest BCUT2D eigenvalue weighted by Gasteiger charge is -2.30. The highest BCUT2D eigenvalue weighted by Gasteiger charge is 2.21. The van der Waals surface area contributed by atoms with Crippen molar-refractivity contribution in [1.82, 2.24) is 9.80 Å². The van der Waals surface area contributed by atoms with E-state index in [1.54, 1.807) is 11.9 Å². The number of aliphatic hydroxyl groups is 1. The van der Waals surface area contributed by atoms with Gasteiger partial charge in [0.25, 0.3) is 0 Å². The summed E-state index contributed by atoms with van der Waals surface area (Å²) < 4.78 is 6.63. The van der Waals surface area contributed by atoms with Crippen molar-refractivity contribution in [2.45, 2.75) is 18.9 Å². The molecular weight excluding hydrogens is 348 g/mol. The first-order chi connectivity index (χ1) is 10.5.